The second kappa shape index (κ2) is 13.1. The van der Waals surface area contributed by atoms with E-state index < -0.39 is 0 Å². The Hall–Kier alpha value is -4.05. The molecule has 0 spiro atoms. The molecular formula is C32H34N2O2. The Labute approximate surface area is 214 Å². The molecule has 0 atom stereocenters. The summed E-state index contributed by atoms with van der Waals surface area (Å²) in [5.41, 5.74) is 4.67. The lowest BCUT2D eigenvalue weighted by Crippen LogP contribution is -2.40. The first kappa shape index (κ1) is 25.1. The van der Waals surface area contributed by atoms with Crippen molar-refractivity contribution in [2.24, 2.45) is 0 Å². The van der Waals surface area contributed by atoms with E-state index in [0.717, 1.165) is 23.3 Å². The molecule has 2 amide bonds. The third-order valence-electron chi connectivity index (χ3n) is 6.27. The molecule has 4 heteroatoms. The first-order chi connectivity index (χ1) is 17.7. The summed E-state index contributed by atoms with van der Waals surface area (Å²) >= 11 is 0. The van der Waals surface area contributed by atoms with Gasteiger partial charge in [0.15, 0.2) is 0 Å². The van der Waals surface area contributed by atoms with Crippen molar-refractivity contribution < 1.29 is 9.53 Å². The van der Waals surface area contributed by atoms with Crippen LogP contribution in [0.4, 0.5) is 4.79 Å². The largest absolute Gasteiger partial charge is 0.494 e. The normalized spacial score (nSPS) is 10.7. The summed E-state index contributed by atoms with van der Waals surface area (Å²) in [6.45, 7) is 4.27. The van der Waals surface area contributed by atoms with Crippen molar-refractivity contribution in [1.29, 1.82) is 0 Å². The molecule has 0 bridgehead atoms. The van der Waals surface area contributed by atoms with Crippen molar-refractivity contribution >= 4 is 6.03 Å². The number of nitrogens with zero attached hydrogens (tertiary/aromatic N) is 1. The van der Waals surface area contributed by atoms with E-state index in [0.29, 0.717) is 26.2 Å². The van der Waals surface area contributed by atoms with Gasteiger partial charge in [0.2, 0.25) is 0 Å². The van der Waals surface area contributed by atoms with Crippen LogP contribution in [0.1, 0.15) is 41.5 Å². The fraction of sp³-hybridized carbons (Fsp3) is 0.219. The molecule has 4 aromatic rings. The topological polar surface area (TPSA) is 41.6 Å². The molecule has 0 radical (unpaired) electrons. The van der Waals surface area contributed by atoms with Crippen LogP contribution in [-0.4, -0.2) is 24.1 Å². The van der Waals surface area contributed by atoms with Gasteiger partial charge in [-0.2, -0.15) is 0 Å². The van der Waals surface area contributed by atoms with Crippen molar-refractivity contribution in [2.45, 2.75) is 32.4 Å². The maximum Gasteiger partial charge on any atom is 0.317 e. The summed E-state index contributed by atoms with van der Waals surface area (Å²) in [5.74, 6) is 1.05. The van der Waals surface area contributed by atoms with Crippen LogP contribution in [0.15, 0.2) is 115 Å². The quantitative estimate of drug-likeness (QED) is 0.252. The van der Waals surface area contributed by atoms with Gasteiger partial charge in [-0.1, -0.05) is 103 Å². The summed E-state index contributed by atoms with van der Waals surface area (Å²) in [4.78, 5) is 15.3. The second-order valence-electron chi connectivity index (χ2n) is 8.81. The summed E-state index contributed by atoms with van der Waals surface area (Å²) in [6.07, 6.45) is 0.823. The Kier molecular flexibility index (Phi) is 9.15. The van der Waals surface area contributed by atoms with E-state index in [1.807, 2.05) is 78.6 Å². The minimum absolute atomic E-state index is 0.0624. The molecule has 184 valence electrons. The number of hydrogen-bond donors (Lipinski definition) is 1. The van der Waals surface area contributed by atoms with Crippen LogP contribution in [0.5, 0.6) is 5.75 Å². The van der Waals surface area contributed by atoms with Crippen molar-refractivity contribution in [1.82, 2.24) is 10.2 Å². The number of carbonyl (C=O) groups is 1. The molecule has 0 saturated carbocycles. The molecule has 0 aliphatic heterocycles. The van der Waals surface area contributed by atoms with Crippen LogP contribution in [0.25, 0.3) is 0 Å². The van der Waals surface area contributed by atoms with E-state index in [1.165, 1.54) is 11.1 Å². The molecule has 36 heavy (non-hydrogen) atoms. The standard InChI is InChI=1S/C32H34N2O2/c1-2-36-30-20-18-27(19-21-30)25-34(32(35)33-24-26-12-6-3-7-13-26)23-22-31(28-14-8-4-9-15-28)29-16-10-5-11-17-29/h3-21,31H,2,22-25H2,1H3,(H,33,35). The Morgan fingerprint density at radius 1 is 0.750 bits per heavy atom. The van der Waals surface area contributed by atoms with Gasteiger partial charge in [0, 0.05) is 25.6 Å². The Balaban J connectivity index is 1.51. The number of urea groups is 1. The molecule has 0 unspecified atom stereocenters. The Bertz CT molecular complexity index is 1140. The minimum atomic E-state index is -0.0624. The van der Waals surface area contributed by atoms with Crippen LogP contribution in [0, 0.1) is 0 Å². The zero-order valence-electron chi connectivity index (χ0n) is 20.8. The van der Waals surface area contributed by atoms with Crippen LogP contribution < -0.4 is 10.1 Å². The van der Waals surface area contributed by atoms with Gasteiger partial charge in [-0.15, -0.1) is 0 Å². The molecule has 4 nitrogen and oxygen atoms in total. The molecule has 4 rings (SSSR count). The first-order valence-electron chi connectivity index (χ1n) is 12.6. The van der Waals surface area contributed by atoms with Gasteiger partial charge >= 0.3 is 6.03 Å². The van der Waals surface area contributed by atoms with Crippen molar-refractivity contribution in [3.63, 3.8) is 0 Å². The molecule has 1 N–H and O–H groups in total. The molecule has 0 aliphatic carbocycles. The predicted octanol–water partition coefficient (Wildman–Crippen LogP) is 7.02. The number of ether oxygens (including phenoxy) is 1. The van der Waals surface area contributed by atoms with Crippen molar-refractivity contribution in [3.05, 3.63) is 138 Å². The summed E-state index contributed by atoms with van der Waals surface area (Å²) in [7, 11) is 0. The monoisotopic (exact) mass is 478 g/mol. The summed E-state index contributed by atoms with van der Waals surface area (Å²) in [5, 5.41) is 3.12. The van der Waals surface area contributed by atoms with E-state index >= 15 is 0 Å². The lowest BCUT2D eigenvalue weighted by Gasteiger charge is -2.26. The third kappa shape index (κ3) is 7.22. The van der Waals surface area contributed by atoms with Gasteiger partial charge < -0.3 is 15.0 Å². The highest BCUT2D eigenvalue weighted by atomic mass is 16.5. The molecular weight excluding hydrogens is 444 g/mol. The van der Waals surface area contributed by atoms with E-state index in [2.05, 4.69) is 53.8 Å². The van der Waals surface area contributed by atoms with E-state index in [-0.39, 0.29) is 11.9 Å². The number of amides is 2. The number of nitrogens with one attached hydrogen (secondary N) is 1. The van der Waals surface area contributed by atoms with E-state index in [4.69, 9.17) is 4.74 Å². The highest BCUT2D eigenvalue weighted by molar-refractivity contribution is 5.74. The average Bonchev–Trinajstić information content (AvgIpc) is 2.94. The predicted molar refractivity (Wildman–Crippen MR) is 146 cm³/mol. The number of hydrogen-bond acceptors (Lipinski definition) is 2. The fourth-order valence-electron chi connectivity index (χ4n) is 4.40. The molecule has 0 aliphatic rings. The average molecular weight is 479 g/mol. The van der Waals surface area contributed by atoms with Gasteiger partial charge in [0.1, 0.15) is 5.75 Å². The molecule has 0 heterocycles. The van der Waals surface area contributed by atoms with Crippen LogP contribution in [0.2, 0.25) is 0 Å². The Morgan fingerprint density at radius 3 is 1.86 bits per heavy atom. The zero-order valence-corrected chi connectivity index (χ0v) is 20.8. The highest BCUT2D eigenvalue weighted by Gasteiger charge is 2.19. The Morgan fingerprint density at radius 2 is 1.31 bits per heavy atom. The van der Waals surface area contributed by atoms with E-state index in [1.54, 1.807) is 0 Å². The maximum absolute atomic E-state index is 13.4. The SMILES string of the molecule is CCOc1ccc(CN(CCC(c2ccccc2)c2ccccc2)C(=O)NCc2ccccc2)cc1. The second-order valence-corrected chi connectivity index (χ2v) is 8.81. The first-order valence-corrected chi connectivity index (χ1v) is 12.6. The third-order valence-corrected chi connectivity index (χ3v) is 6.27. The highest BCUT2D eigenvalue weighted by Crippen LogP contribution is 2.28. The molecule has 0 aromatic heterocycles. The smallest absolute Gasteiger partial charge is 0.317 e. The molecule has 0 saturated heterocycles. The fourth-order valence-corrected chi connectivity index (χ4v) is 4.40. The van der Waals surface area contributed by atoms with Gasteiger partial charge in [0.05, 0.1) is 6.61 Å². The minimum Gasteiger partial charge on any atom is -0.494 e. The molecule has 4 aromatic carbocycles. The maximum atomic E-state index is 13.4. The number of carbonyl (C=O) groups excluding carboxylic acids is 1. The van der Waals surface area contributed by atoms with Gasteiger partial charge in [0.25, 0.3) is 0 Å². The van der Waals surface area contributed by atoms with Gasteiger partial charge in [-0.3, -0.25) is 0 Å². The summed E-state index contributed by atoms with van der Waals surface area (Å²) < 4.78 is 5.58. The van der Waals surface area contributed by atoms with E-state index in [9.17, 15) is 4.79 Å². The van der Waals surface area contributed by atoms with Crippen LogP contribution >= 0.6 is 0 Å². The zero-order chi connectivity index (χ0) is 25.0. The van der Waals surface area contributed by atoms with Gasteiger partial charge in [-0.05, 0) is 47.7 Å². The lowest BCUT2D eigenvalue weighted by molar-refractivity contribution is 0.193. The van der Waals surface area contributed by atoms with Crippen molar-refractivity contribution in [3.8, 4) is 5.75 Å². The lowest BCUT2D eigenvalue weighted by atomic mass is 9.88. The number of rotatable bonds is 11. The number of benzene rings is 4. The van der Waals surface area contributed by atoms with Gasteiger partial charge in [-0.25, -0.2) is 4.79 Å². The molecule has 0 fully saturated rings. The summed E-state index contributed by atoms with van der Waals surface area (Å²) in [6, 6.07) is 39.0. The van der Waals surface area contributed by atoms with Crippen LogP contribution in [0.3, 0.4) is 0 Å². The van der Waals surface area contributed by atoms with Crippen LogP contribution in [-0.2, 0) is 13.1 Å². The van der Waals surface area contributed by atoms with Crippen molar-refractivity contribution in [2.75, 3.05) is 13.2 Å².